The number of sulfonamides is 1. The van der Waals surface area contributed by atoms with E-state index >= 15 is 0 Å². The van der Waals surface area contributed by atoms with Gasteiger partial charge < -0.3 is 9.84 Å². The summed E-state index contributed by atoms with van der Waals surface area (Å²) in [5.41, 5.74) is 1.63. The molecule has 0 aromatic heterocycles. The predicted molar refractivity (Wildman–Crippen MR) is 139 cm³/mol. The quantitative estimate of drug-likeness (QED) is 0.570. The van der Waals surface area contributed by atoms with Crippen molar-refractivity contribution in [2.45, 2.75) is 37.4 Å². The molecular formula is C27H36FN3O4S. The van der Waals surface area contributed by atoms with Gasteiger partial charge in [0.05, 0.1) is 13.2 Å². The lowest BCUT2D eigenvalue weighted by molar-refractivity contribution is 0.0733. The molecule has 1 heterocycles. The highest BCUT2D eigenvalue weighted by Crippen LogP contribution is 2.34. The highest BCUT2D eigenvalue weighted by atomic mass is 32.2. The molecule has 0 saturated carbocycles. The molecule has 3 atom stereocenters. The van der Waals surface area contributed by atoms with Crippen molar-refractivity contribution in [2.24, 2.45) is 5.92 Å². The van der Waals surface area contributed by atoms with Crippen LogP contribution >= 0.6 is 0 Å². The maximum atomic E-state index is 13.6. The van der Waals surface area contributed by atoms with Crippen LogP contribution < -0.4 is 4.74 Å². The third kappa shape index (κ3) is 7.05. The Morgan fingerprint density at radius 2 is 1.89 bits per heavy atom. The van der Waals surface area contributed by atoms with Crippen LogP contribution in [0.4, 0.5) is 4.39 Å². The number of aliphatic hydroxyl groups is 1. The van der Waals surface area contributed by atoms with Crippen LogP contribution in [0.25, 0.3) is 0 Å². The minimum Gasteiger partial charge on any atom is -0.487 e. The SMILES string of the molecule is C[C@H](CO)N1C[C@H](C)[C@@H](CN(C)Cc2ccc(F)cc2)Oc2cc(C#CCN(C)C)ccc2S1(=O)=O. The number of ether oxygens (including phenoxy) is 1. The van der Waals surface area contributed by atoms with Crippen LogP contribution in [-0.4, -0.2) is 87.2 Å². The number of aliphatic hydroxyl groups excluding tert-OH is 1. The molecule has 1 aliphatic rings. The van der Waals surface area contributed by atoms with Crippen molar-refractivity contribution in [3.63, 3.8) is 0 Å². The lowest BCUT2D eigenvalue weighted by Gasteiger charge is -2.37. The van der Waals surface area contributed by atoms with Crippen LogP contribution in [0.5, 0.6) is 5.75 Å². The summed E-state index contributed by atoms with van der Waals surface area (Å²) in [5, 5.41) is 9.80. The van der Waals surface area contributed by atoms with Gasteiger partial charge in [0, 0.05) is 37.2 Å². The van der Waals surface area contributed by atoms with E-state index in [1.807, 2.05) is 33.0 Å². The molecule has 9 heteroatoms. The van der Waals surface area contributed by atoms with Crippen LogP contribution in [0, 0.1) is 23.6 Å². The molecule has 3 rings (SSSR count). The second kappa shape index (κ2) is 12.2. The zero-order chi connectivity index (χ0) is 26.5. The first-order valence-corrected chi connectivity index (χ1v) is 13.4. The van der Waals surface area contributed by atoms with Gasteiger partial charge in [-0.05, 0) is 64.0 Å². The van der Waals surface area contributed by atoms with Crippen molar-refractivity contribution in [3.8, 4) is 17.6 Å². The molecule has 1 N–H and O–H groups in total. The fraction of sp³-hybridized carbons (Fsp3) is 0.481. The van der Waals surface area contributed by atoms with Gasteiger partial charge in [0.25, 0.3) is 0 Å². The Kier molecular flexibility index (Phi) is 9.50. The minimum atomic E-state index is -3.90. The Morgan fingerprint density at radius 3 is 2.53 bits per heavy atom. The van der Waals surface area contributed by atoms with E-state index in [9.17, 15) is 17.9 Å². The lowest BCUT2D eigenvalue weighted by atomic mass is 10.0. The number of halogens is 1. The standard InChI is InChI=1S/C27H36FN3O4S/c1-20-16-31(21(2)19-32)36(33,34)27-13-10-22(7-6-14-29(3)4)15-25(27)35-26(20)18-30(5)17-23-8-11-24(28)12-9-23/h8-13,15,20-21,26,32H,14,16-19H2,1-5H3/t20-,21+,26+/m0/s1. The first kappa shape index (κ1) is 28.1. The summed E-state index contributed by atoms with van der Waals surface area (Å²) in [6.45, 7) is 5.26. The van der Waals surface area contributed by atoms with Crippen molar-refractivity contribution in [3.05, 3.63) is 59.4 Å². The zero-order valence-electron chi connectivity index (χ0n) is 21.6. The molecule has 36 heavy (non-hydrogen) atoms. The van der Waals surface area contributed by atoms with Gasteiger partial charge in [-0.2, -0.15) is 4.31 Å². The molecule has 0 radical (unpaired) electrons. The molecule has 0 amide bonds. The van der Waals surface area contributed by atoms with E-state index in [0.29, 0.717) is 25.2 Å². The first-order chi connectivity index (χ1) is 17.0. The number of benzene rings is 2. The largest absolute Gasteiger partial charge is 0.487 e. The van der Waals surface area contributed by atoms with Gasteiger partial charge in [0.2, 0.25) is 10.0 Å². The number of hydrogen-bond acceptors (Lipinski definition) is 6. The molecule has 0 fully saturated rings. The van der Waals surface area contributed by atoms with Gasteiger partial charge in [-0.3, -0.25) is 9.80 Å². The molecule has 196 valence electrons. The van der Waals surface area contributed by atoms with Gasteiger partial charge in [-0.15, -0.1) is 0 Å². The summed E-state index contributed by atoms with van der Waals surface area (Å²) in [7, 11) is 1.91. The van der Waals surface area contributed by atoms with E-state index in [0.717, 1.165) is 5.56 Å². The molecule has 0 bridgehead atoms. The van der Waals surface area contributed by atoms with Gasteiger partial charge in [0.1, 0.15) is 22.6 Å². The Morgan fingerprint density at radius 1 is 1.19 bits per heavy atom. The van der Waals surface area contributed by atoms with Crippen molar-refractivity contribution < 1.29 is 22.7 Å². The van der Waals surface area contributed by atoms with Gasteiger partial charge >= 0.3 is 0 Å². The van der Waals surface area contributed by atoms with Crippen molar-refractivity contribution >= 4 is 10.0 Å². The fourth-order valence-electron chi connectivity index (χ4n) is 4.09. The summed E-state index contributed by atoms with van der Waals surface area (Å²) in [6, 6.07) is 10.7. The average Bonchev–Trinajstić information content (AvgIpc) is 2.82. The van der Waals surface area contributed by atoms with E-state index in [-0.39, 0.29) is 41.6 Å². The Bertz CT molecular complexity index is 1190. The predicted octanol–water partition coefficient (Wildman–Crippen LogP) is 2.64. The Hall–Kier alpha value is -2.48. The van der Waals surface area contributed by atoms with Gasteiger partial charge in [0.15, 0.2) is 0 Å². The van der Waals surface area contributed by atoms with E-state index in [4.69, 9.17) is 4.74 Å². The third-order valence-electron chi connectivity index (χ3n) is 6.15. The normalized spacial score (nSPS) is 20.6. The maximum Gasteiger partial charge on any atom is 0.247 e. The molecule has 7 nitrogen and oxygen atoms in total. The summed E-state index contributed by atoms with van der Waals surface area (Å²) in [4.78, 5) is 4.09. The summed E-state index contributed by atoms with van der Waals surface area (Å²) >= 11 is 0. The van der Waals surface area contributed by atoms with Crippen LogP contribution in [0.15, 0.2) is 47.4 Å². The Balaban J connectivity index is 1.95. The van der Waals surface area contributed by atoms with E-state index in [2.05, 4.69) is 16.7 Å². The lowest BCUT2D eigenvalue weighted by Crippen LogP contribution is -2.49. The number of hydrogen-bond donors (Lipinski definition) is 1. The molecule has 0 saturated heterocycles. The van der Waals surface area contributed by atoms with Crippen LogP contribution in [0.2, 0.25) is 0 Å². The van der Waals surface area contributed by atoms with Crippen LogP contribution in [-0.2, 0) is 16.6 Å². The maximum absolute atomic E-state index is 13.6. The minimum absolute atomic E-state index is 0.0686. The smallest absolute Gasteiger partial charge is 0.247 e. The van der Waals surface area contributed by atoms with E-state index < -0.39 is 16.1 Å². The van der Waals surface area contributed by atoms with E-state index in [1.54, 1.807) is 31.2 Å². The highest BCUT2D eigenvalue weighted by Gasteiger charge is 2.38. The number of nitrogens with zero attached hydrogens (tertiary/aromatic N) is 3. The number of likely N-dealkylation sites (N-methyl/N-ethyl adjacent to an activating group) is 1. The summed E-state index contributed by atoms with van der Waals surface area (Å²) in [6.07, 6.45) is -0.330. The molecule has 1 aliphatic heterocycles. The fourth-order valence-corrected chi connectivity index (χ4v) is 5.92. The van der Waals surface area contributed by atoms with Crippen LogP contribution in [0.1, 0.15) is 25.0 Å². The number of fused-ring (bicyclic) bond motifs is 1. The molecule has 0 unspecified atom stereocenters. The second-order valence-electron chi connectivity index (χ2n) is 9.76. The van der Waals surface area contributed by atoms with E-state index in [1.165, 1.54) is 22.5 Å². The highest BCUT2D eigenvalue weighted by molar-refractivity contribution is 7.89. The van der Waals surface area contributed by atoms with Gasteiger partial charge in [-0.1, -0.05) is 30.9 Å². The number of rotatable bonds is 7. The third-order valence-corrected chi connectivity index (χ3v) is 8.17. The van der Waals surface area contributed by atoms with Crippen molar-refractivity contribution in [1.82, 2.24) is 14.1 Å². The summed E-state index contributed by atoms with van der Waals surface area (Å²) < 4.78 is 48.2. The second-order valence-corrected chi connectivity index (χ2v) is 11.6. The van der Waals surface area contributed by atoms with Crippen LogP contribution in [0.3, 0.4) is 0 Å². The Labute approximate surface area is 214 Å². The zero-order valence-corrected chi connectivity index (χ0v) is 22.4. The summed E-state index contributed by atoms with van der Waals surface area (Å²) in [5.74, 6) is 5.96. The molecule has 0 spiro atoms. The van der Waals surface area contributed by atoms with Crippen molar-refractivity contribution in [1.29, 1.82) is 0 Å². The average molecular weight is 518 g/mol. The first-order valence-electron chi connectivity index (χ1n) is 12.0. The molecule has 2 aromatic rings. The monoisotopic (exact) mass is 517 g/mol. The molecule has 0 aliphatic carbocycles. The van der Waals surface area contributed by atoms with Gasteiger partial charge in [-0.25, -0.2) is 12.8 Å². The van der Waals surface area contributed by atoms with Crippen molar-refractivity contribution in [2.75, 3.05) is 47.4 Å². The molecule has 2 aromatic carbocycles. The molecular weight excluding hydrogens is 481 g/mol. The topological polar surface area (TPSA) is 73.3 Å².